The Hall–Kier alpha value is -2.13. The second kappa shape index (κ2) is 5.58. The molecule has 1 aliphatic rings. The van der Waals surface area contributed by atoms with E-state index < -0.39 is 11.7 Å². The molecule has 0 aliphatic carbocycles. The van der Waals surface area contributed by atoms with Gasteiger partial charge in [0.15, 0.2) is 0 Å². The Morgan fingerprint density at radius 1 is 1.05 bits per heavy atom. The zero-order chi connectivity index (χ0) is 15.7. The molecule has 2 aromatic rings. The third-order valence-electron chi connectivity index (χ3n) is 3.40. The van der Waals surface area contributed by atoms with Crippen molar-refractivity contribution >= 4 is 23.1 Å². The number of para-hydroxylation sites is 1. The zero-order valence-electron chi connectivity index (χ0n) is 11.4. The van der Waals surface area contributed by atoms with Gasteiger partial charge in [-0.15, -0.1) is 0 Å². The van der Waals surface area contributed by atoms with E-state index in [0.717, 1.165) is 27.6 Å². The lowest BCUT2D eigenvalue weighted by Gasteiger charge is -2.32. The maximum Gasteiger partial charge on any atom is 0.416 e. The number of nitrogens with zero attached hydrogens (tertiary/aromatic N) is 2. The molecular weight excluding hydrogens is 309 g/mol. The highest BCUT2D eigenvalue weighted by Gasteiger charge is 2.33. The molecule has 2 nitrogen and oxygen atoms in total. The van der Waals surface area contributed by atoms with Crippen LogP contribution in [0.1, 0.15) is 12.0 Å². The van der Waals surface area contributed by atoms with Crippen LogP contribution in [0.5, 0.6) is 0 Å². The summed E-state index contributed by atoms with van der Waals surface area (Å²) in [7, 11) is 0. The summed E-state index contributed by atoms with van der Waals surface area (Å²) in [5, 5.41) is 8.81. The summed E-state index contributed by atoms with van der Waals surface area (Å²) >= 11 is 1.45. The van der Waals surface area contributed by atoms with Crippen molar-refractivity contribution in [1.82, 2.24) is 0 Å². The van der Waals surface area contributed by atoms with Crippen LogP contribution in [0.4, 0.5) is 24.5 Å². The standard InChI is InChI=1S/C16H11F3N2S/c17-16(18,19)11-6-7-15-13(10-11)21(9-3-8-20)12-4-1-2-5-14(12)22-15/h1-2,4-7,10H,3,9H2. The highest BCUT2D eigenvalue weighted by atomic mass is 32.2. The summed E-state index contributed by atoms with van der Waals surface area (Å²) in [5.41, 5.74) is 0.677. The van der Waals surface area contributed by atoms with Crippen molar-refractivity contribution in [3.8, 4) is 6.07 Å². The van der Waals surface area contributed by atoms with E-state index in [1.807, 2.05) is 24.3 Å². The van der Waals surface area contributed by atoms with E-state index in [9.17, 15) is 13.2 Å². The second-order valence-corrected chi connectivity index (χ2v) is 5.89. The minimum absolute atomic E-state index is 0.245. The molecule has 22 heavy (non-hydrogen) atoms. The number of hydrogen-bond acceptors (Lipinski definition) is 3. The Morgan fingerprint density at radius 3 is 2.50 bits per heavy atom. The van der Waals surface area contributed by atoms with Gasteiger partial charge in [0, 0.05) is 16.3 Å². The van der Waals surface area contributed by atoms with Gasteiger partial charge in [-0.05, 0) is 30.3 Å². The summed E-state index contributed by atoms with van der Waals surface area (Å²) < 4.78 is 38.9. The van der Waals surface area contributed by atoms with E-state index in [1.54, 1.807) is 4.90 Å². The maximum absolute atomic E-state index is 13.0. The summed E-state index contributed by atoms with van der Waals surface area (Å²) in [6.45, 7) is 0.363. The molecule has 0 atom stereocenters. The van der Waals surface area contributed by atoms with E-state index in [-0.39, 0.29) is 6.42 Å². The van der Waals surface area contributed by atoms with Crippen LogP contribution in [-0.4, -0.2) is 6.54 Å². The van der Waals surface area contributed by atoms with Crippen molar-refractivity contribution in [2.24, 2.45) is 0 Å². The minimum Gasteiger partial charge on any atom is -0.339 e. The molecule has 0 amide bonds. The highest BCUT2D eigenvalue weighted by molar-refractivity contribution is 7.99. The molecule has 1 aliphatic heterocycles. The number of benzene rings is 2. The van der Waals surface area contributed by atoms with Gasteiger partial charge in [0.2, 0.25) is 0 Å². The van der Waals surface area contributed by atoms with Gasteiger partial charge >= 0.3 is 6.18 Å². The highest BCUT2D eigenvalue weighted by Crippen LogP contribution is 2.49. The van der Waals surface area contributed by atoms with Gasteiger partial charge in [0.05, 0.1) is 29.4 Å². The van der Waals surface area contributed by atoms with E-state index in [4.69, 9.17) is 5.26 Å². The van der Waals surface area contributed by atoms with Crippen molar-refractivity contribution in [2.75, 3.05) is 11.4 Å². The molecule has 0 spiro atoms. The molecule has 0 N–H and O–H groups in total. The summed E-state index contributed by atoms with van der Waals surface area (Å²) in [6.07, 6.45) is -4.13. The lowest BCUT2D eigenvalue weighted by Crippen LogP contribution is -2.22. The molecule has 0 unspecified atom stereocenters. The fourth-order valence-electron chi connectivity index (χ4n) is 2.41. The first kappa shape index (κ1) is 14.8. The van der Waals surface area contributed by atoms with Crippen LogP contribution in [0, 0.1) is 11.3 Å². The summed E-state index contributed by atoms with van der Waals surface area (Å²) in [5.74, 6) is 0. The topological polar surface area (TPSA) is 27.0 Å². The molecule has 112 valence electrons. The largest absolute Gasteiger partial charge is 0.416 e. The first-order chi connectivity index (χ1) is 10.5. The van der Waals surface area contributed by atoms with Gasteiger partial charge in [-0.2, -0.15) is 18.4 Å². The lowest BCUT2D eigenvalue weighted by atomic mass is 10.1. The predicted molar refractivity (Wildman–Crippen MR) is 79.2 cm³/mol. The Balaban J connectivity index is 2.11. The Morgan fingerprint density at radius 2 is 1.77 bits per heavy atom. The second-order valence-electron chi connectivity index (χ2n) is 4.81. The average molecular weight is 320 g/mol. The van der Waals surface area contributed by atoms with E-state index in [1.165, 1.54) is 17.8 Å². The molecule has 0 bridgehead atoms. The van der Waals surface area contributed by atoms with Crippen molar-refractivity contribution in [2.45, 2.75) is 22.4 Å². The van der Waals surface area contributed by atoms with Gasteiger partial charge in [-0.1, -0.05) is 23.9 Å². The van der Waals surface area contributed by atoms with E-state index in [2.05, 4.69) is 6.07 Å². The number of alkyl halides is 3. The zero-order valence-corrected chi connectivity index (χ0v) is 12.2. The fourth-order valence-corrected chi connectivity index (χ4v) is 3.48. The molecule has 0 fully saturated rings. The average Bonchev–Trinajstić information content (AvgIpc) is 2.50. The van der Waals surface area contributed by atoms with Crippen LogP contribution in [0.25, 0.3) is 0 Å². The first-order valence-electron chi connectivity index (χ1n) is 6.63. The Bertz CT molecular complexity index is 750. The quantitative estimate of drug-likeness (QED) is 0.759. The molecular formula is C16H11F3N2S. The van der Waals surface area contributed by atoms with Crippen molar-refractivity contribution in [3.05, 3.63) is 48.0 Å². The third kappa shape index (κ3) is 2.64. The smallest absolute Gasteiger partial charge is 0.339 e. The third-order valence-corrected chi connectivity index (χ3v) is 4.53. The van der Waals surface area contributed by atoms with Gasteiger partial charge in [0.1, 0.15) is 0 Å². The van der Waals surface area contributed by atoms with E-state index in [0.29, 0.717) is 12.2 Å². The number of nitriles is 1. The number of fused-ring (bicyclic) bond motifs is 2. The number of hydrogen-bond donors (Lipinski definition) is 0. The van der Waals surface area contributed by atoms with E-state index >= 15 is 0 Å². The van der Waals surface area contributed by atoms with Gasteiger partial charge in [-0.25, -0.2) is 0 Å². The number of halogens is 3. The minimum atomic E-state index is -4.38. The molecule has 6 heteroatoms. The van der Waals surface area contributed by atoms with Crippen molar-refractivity contribution in [3.63, 3.8) is 0 Å². The monoisotopic (exact) mass is 320 g/mol. The van der Waals surface area contributed by atoms with Crippen LogP contribution < -0.4 is 4.90 Å². The molecule has 3 rings (SSSR count). The van der Waals surface area contributed by atoms with Crippen molar-refractivity contribution in [1.29, 1.82) is 5.26 Å². The van der Waals surface area contributed by atoms with Gasteiger partial charge in [0.25, 0.3) is 0 Å². The van der Waals surface area contributed by atoms with Gasteiger partial charge in [-0.3, -0.25) is 0 Å². The van der Waals surface area contributed by atoms with Crippen molar-refractivity contribution < 1.29 is 13.2 Å². The number of rotatable bonds is 2. The maximum atomic E-state index is 13.0. The lowest BCUT2D eigenvalue weighted by molar-refractivity contribution is -0.137. The summed E-state index contributed by atoms with van der Waals surface area (Å²) in [4.78, 5) is 3.54. The first-order valence-corrected chi connectivity index (χ1v) is 7.45. The van der Waals surface area contributed by atoms with Crippen LogP contribution in [0.2, 0.25) is 0 Å². The molecule has 0 saturated heterocycles. The predicted octanol–water partition coefficient (Wildman–Crippen LogP) is 5.22. The Labute approximate surface area is 130 Å². The van der Waals surface area contributed by atoms with Crippen LogP contribution in [-0.2, 0) is 6.18 Å². The molecule has 0 radical (unpaired) electrons. The SMILES string of the molecule is N#CCCN1c2ccccc2Sc2ccc(C(F)(F)F)cc21. The summed E-state index contributed by atoms with van der Waals surface area (Å²) in [6, 6.07) is 13.3. The molecule has 0 aromatic heterocycles. The Kier molecular flexibility index (Phi) is 3.75. The van der Waals surface area contributed by atoms with Gasteiger partial charge < -0.3 is 4.90 Å². The fraction of sp³-hybridized carbons (Fsp3) is 0.188. The molecule has 0 saturated carbocycles. The van der Waals surface area contributed by atoms with Crippen LogP contribution in [0.3, 0.4) is 0 Å². The van der Waals surface area contributed by atoms with Crippen LogP contribution >= 0.6 is 11.8 Å². The molecule has 1 heterocycles. The number of anilines is 2. The van der Waals surface area contributed by atoms with Crippen LogP contribution in [0.15, 0.2) is 52.3 Å². The normalized spacial score (nSPS) is 13.3. The molecule has 2 aromatic carbocycles.